The highest BCUT2D eigenvalue weighted by Gasteiger charge is 2.35. The summed E-state index contributed by atoms with van der Waals surface area (Å²) in [5.41, 5.74) is 1.81. The van der Waals surface area contributed by atoms with Gasteiger partial charge in [-0.15, -0.1) is 10.2 Å². The number of nitrogens with one attached hydrogen (secondary N) is 1. The molecule has 1 N–H and O–H groups in total. The number of aromatic nitrogens is 2. The standard InChI is InChI=1S/C21H19ClN4O3S/c1-29-17-8-6-16(7-9-17)26-12-14(11-19(26)27)20(28)23-21-25-24-18(30-21)10-13-2-4-15(22)5-3-13/h2-9,14H,10-12H2,1H3,(H,23,25,28). The van der Waals surface area contributed by atoms with Gasteiger partial charge in [-0.25, -0.2) is 0 Å². The van der Waals surface area contributed by atoms with Crippen LogP contribution in [0.25, 0.3) is 0 Å². The third kappa shape index (κ3) is 4.60. The lowest BCUT2D eigenvalue weighted by atomic mass is 10.1. The van der Waals surface area contributed by atoms with Crippen LogP contribution in [0.2, 0.25) is 5.02 Å². The first kappa shape index (κ1) is 20.3. The molecular weight excluding hydrogens is 424 g/mol. The third-order valence-electron chi connectivity index (χ3n) is 4.85. The van der Waals surface area contributed by atoms with Crippen LogP contribution in [0.3, 0.4) is 0 Å². The number of amides is 2. The highest BCUT2D eigenvalue weighted by molar-refractivity contribution is 7.15. The van der Waals surface area contributed by atoms with Crippen molar-refractivity contribution in [2.24, 2.45) is 5.92 Å². The molecule has 0 bridgehead atoms. The Bertz CT molecular complexity index is 1050. The van der Waals surface area contributed by atoms with Gasteiger partial charge in [-0.2, -0.15) is 0 Å². The number of methoxy groups -OCH3 is 1. The van der Waals surface area contributed by atoms with Gasteiger partial charge >= 0.3 is 0 Å². The zero-order valence-electron chi connectivity index (χ0n) is 16.2. The van der Waals surface area contributed by atoms with Gasteiger partial charge in [0.05, 0.1) is 13.0 Å². The second-order valence-electron chi connectivity index (χ2n) is 6.90. The first-order chi connectivity index (χ1) is 14.5. The fraction of sp³-hybridized carbons (Fsp3) is 0.238. The molecule has 0 saturated carbocycles. The van der Waals surface area contributed by atoms with Gasteiger partial charge in [-0.05, 0) is 42.0 Å². The third-order valence-corrected chi connectivity index (χ3v) is 5.94. The molecule has 1 saturated heterocycles. The Morgan fingerprint density at radius 1 is 1.20 bits per heavy atom. The summed E-state index contributed by atoms with van der Waals surface area (Å²) in [7, 11) is 1.59. The van der Waals surface area contributed by atoms with E-state index in [9.17, 15) is 9.59 Å². The molecule has 1 aliphatic heterocycles. The van der Waals surface area contributed by atoms with Crippen LogP contribution in [0.1, 0.15) is 17.0 Å². The number of benzene rings is 2. The summed E-state index contributed by atoms with van der Waals surface area (Å²) >= 11 is 7.23. The molecule has 2 aromatic carbocycles. The number of carbonyl (C=O) groups excluding carboxylic acids is 2. The van der Waals surface area contributed by atoms with E-state index >= 15 is 0 Å². The molecule has 154 valence electrons. The SMILES string of the molecule is COc1ccc(N2CC(C(=O)Nc3nnc(Cc4ccc(Cl)cc4)s3)CC2=O)cc1. The molecule has 9 heteroatoms. The maximum absolute atomic E-state index is 12.7. The Labute approximate surface area is 182 Å². The van der Waals surface area contributed by atoms with Crippen molar-refractivity contribution in [2.75, 3.05) is 23.9 Å². The summed E-state index contributed by atoms with van der Waals surface area (Å²) in [6.45, 7) is 0.327. The van der Waals surface area contributed by atoms with Crippen LogP contribution in [-0.4, -0.2) is 35.7 Å². The smallest absolute Gasteiger partial charge is 0.231 e. The van der Waals surface area contributed by atoms with Crippen molar-refractivity contribution in [2.45, 2.75) is 12.8 Å². The van der Waals surface area contributed by atoms with Gasteiger partial charge in [0.15, 0.2) is 0 Å². The minimum atomic E-state index is -0.441. The minimum Gasteiger partial charge on any atom is -0.497 e. The Morgan fingerprint density at radius 2 is 1.93 bits per heavy atom. The van der Waals surface area contributed by atoms with Gasteiger partial charge < -0.3 is 15.0 Å². The van der Waals surface area contributed by atoms with Crippen LogP contribution in [0.15, 0.2) is 48.5 Å². The molecule has 7 nitrogen and oxygen atoms in total. The Kier molecular flexibility index (Phi) is 5.96. The summed E-state index contributed by atoms with van der Waals surface area (Å²) in [5.74, 6) is -0.0388. The van der Waals surface area contributed by atoms with E-state index < -0.39 is 5.92 Å². The molecule has 0 radical (unpaired) electrons. The van der Waals surface area contributed by atoms with Gasteiger partial charge in [-0.3, -0.25) is 9.59 Å². The Morgan fingerprint density at radius 3 is 2.63 bits per heavy atom. The van der Waals surface area contributed by atoms with Crippen LogP contribution in [0.4, 0.5) is 10.8 Å². The molecular formula is C21H19ClN4O3S. The van der Waals surface area contributed by atoms with Crippen molar-refractivity contribution in [1.82, 2.24) is 10.2 Å². The number of halogens is 1. The number of rotatable bonds is 6. The van der Waals surface area contributed by atoms with Gasteiger partial charge in [0, 0.05) is 30.1 Å². The number of hydrogen-bond donors (Lipinski definition) is 1. The van der Waals surface area contributed by atoms with E-state index in [1.54, 1.807) is 24.1 Å². The van der Waals surface area contributed by atoms with Crippen LogP contribution in [0.5, 0.6) is 5.75 Å². The van der Waals surface area contributed by atoms with E-state index in [1.165, 1.54) is 11.3 Å². The van der Waals surface area contributed by atoms with E-state index in [-0.39, 0.29) is 18.2 Å². The second-order valence-corrected chi connectivity index (χ2v) is 8.40. The normalized spacial score (nSPS) is 16.0. The number of anilines is 2. The van der Waals surface area contributed by atoms with Crippen molar-refractivity contribution < 1.29 is 14.3 Å². The lowest BCUT2D eigenvalue weighted by Crippen LogP contribution is -2.28. The van der Waals surface area contributed by atoms with Crippen molar-refractivity contribution >= 4 is 45.6 Å². The van der Waals surface area contributed by atoms with Crippen LogP contribution in [-0.2, 0) is 16.0 Å². The Hall–Kier alpha value is -2.97. The average molecular weight is 443 g/mol. The molecule has 1 atom stereocenters. The summed E-state index contributed by atoms with van der Waals surface area (Å²) in [6, 6.07) is 14.7. The molecule has 4 rings (SSSR count). The molecule has 1 aliphatic rings. The second kappa shape index (κ2) is 8.81. The minimum absolute atomic E-state index is 0.0824. The number of hydrogen-bond acceptors (Lipinski definition) is 6. The number of carbonyl (C=O) groups is 2. The molecule has 1 aromatic heterocycles. The highest BCUT2D eigenvalue weighted by atomic mass is 35.5. The molecule has 2 amide bonds. The summed E-state index contributed by atoms with van der Waals surface area (Å²) in [6.07, 6.45) is 0.770. The van der Waals surface area contributed by atoms with E-state index in [4.69, 9.17) is 16.3 Å². The van der Waals surface area contributed by atoms with E-state index in [0.29, 0.717) is 28.9 Å². The molecule has 30 heavy (non-hydrogen) atoms. The van der Waals surface area contributed by atoms with Crippen LogP contribution >= 0.6 is 22.9 Å². The molecule has 3 aromatic rings. The fourth-order valence-corrected chi connectivity index (χ4v) is 4.16. The van der Waals surface area contributed by atoms with Gasteiger partial charge in [0.2, 0.25) is 16.9 Å². The largest absolute Gasteiger partial charge is 0.497 e. The molecule has 1 fully saturated rings. The maximum Gasteiger partial charge on any atom is 0.231 e. The maximum atomic E-state index is 12.7. The van der Waals surface area contributed by atoms with Gasteiger partial charge in [-0.1, -0.05) is 35.1 Å². The lowest BCUT2D eigenvalue weighted by molar-refractivity contribution is -0.122. The molecule has 0 aliphatic carbocycles. The summed E-state index contributed by atoms with van der Waals surface area (Å²) in [4.78, 5) is 26.7. The van der Waals surface area contributed by atoms with Crippen molar-refractivity contribution in [3.8, 4) is 5.75 Å². The number of nitrogens with zero attached hydrogens (tertiary/aromatic N) is 3. The summed E-state index contributed by atoms with van der Waals surface area (Å²) < 4.78 is 5.14. The molecule has 2 heterocycles. The summed E-state index contributed by atoms with van der Waals surface area (Å²) in [5, 5.41) is 12.9. The fourth-order valence-electron chi connectivity index (χ4n) is 3.25. The van der Waals surface area contributed by atoms with E-state index in [1.807, 2.05) is 36.4 Å². The molecule has 0 spiro atoms. The predicted octanol–water partition coefficient (Wildman–Crippen LogP) is 3.78. The van der Waals surface area contributed by atoms with Crippen molar-refractivity contribution in [3.63, 3.8) is 0 Å². The van der Waals surface area contributed by atoms with Crippen molar-refractivity contribution in [1.29, 1.82) is 0 Å². The monoisotopic (exact) mass is 442 g/mol. The van der Waals surface area contributed by atoms with Crippen LogP contribution in [0, 0.1) is 5.92 Å². The predicted molar refractivity (Wildman–Crippen MR) is 116 cm³/mol. The first-order valence-electron chi connectivity index (χ1n) is 9.34. The first-order valence-corrected chi connectivity index (χ1v) is 10.5. The van der Waals surface area contributed by atoms with Gasteiger partial charge in [0.1, 0.15) is 10.8 Å². The zero-order valence-corrected chi connectivity index (χ0v) is 17.7. The Balaban J connectivity index is 1.36. The molecule has 1 unspecified atom stereocenters. The average Bonchev–Trinajstić information content (AvgIpc) is 3.36. The highest BCUT2D eigenvalue weighted by Crippen LogP contribution is 2.28. The van der Waals surface area contributed by atoms with Crippen LogP contribution < -0.4 is 15.0 Å². The lowest BCUT2D eigenvalue weighted by Gasteiger charge is -2.16. The number of ether oxygens (including phenoxy) is 1. The van der Waals surface area contributed by atoms with Gasteiger partial charge in [0.25, 0.3) is 0 Å². The van der Waals surface area contributed by atoms with E-state index in [2.05, 4.69) is 15.5 Å². The topological polar surface area (TPSA) is 84.4 Å². The zero-order chi connectivity index (χ0) is 21.1. The van der Waals surface area contributed by atoms with E-state index in [0.717, 1.165) is 16.3 Å². The quantitative estimate of drug-likeness (QED) is 0.628. The van der Waals surface area contributed by atoms with Crippen molar-refractivity contribution in [3.05, 3.63) is 64.1 Å².